The van der Waals surface area contributed by atoms with Crippen LogP contribution >= 0.6 is 0 Å². The van der Waals surface area contributed by atoms with Crippen molar-refractivity contribution in [1.82, 2.24) is 29.9 Å². The van der Waals surface area contributed by atoms with Crippen LogP contribution in [0.5, 0.6) is 11.6 Å². The number of methoxy groups -OCH3 is 2. The van der Waals surface area contributed by atoms with Crippen molar-refractivity contribution < 1.29 is 14.3 Å². The number of hydrogen-bond donors (Lipinski definition) is 0. The number of carbonyl (C=O) groups is 1. The summed E-state index contributed by atoms with van der Waals surface area (Å²) in [7, 11) is 5.03. The Balaban J connectivity index is 1.36. The Kier molecular flexibility index (Phi) is 5.80. The fraction of sp³-hybridized carbons (Fsp3) is 0.458. The minimum absolute atomic E-state index is 0.173. The highest BCUT2D eigenvalue weighted by Crippen LogP contribution is 2.41. The zero-order valence-corrected chi connectivity index (χ0v) is 19.8. The molecule has 10 heteroatoms. The molecule has 1 aromatic carbocycles. The lowest BCUT2D eigenvalue weighted by atomic mass is 9.78. The molecule has 178 valence electrons. The zero-order valence-electron chi connectivity index (χ0n) is 19.8. The summed E-state index contributed by atoms with van der Waals surface area (Å²) in [5.74, 6) is 2.06. The van der Waals surface area contributed by atoms with Crippen molar-refractivity contribution in [2.75, 3.05) is 38.8 Å². The zero-order chi connectivity index (χ0) is 23.7. The second kappa shape index (κ2) is 8.92. The van der Waals surface area contributed by atoms with Gasteiger partial charge in [0, 0.05) is 44.5 Å². The molecule has 0 N–H and O–H groups in total. The number of nitrogens with zero attached hydrogens (tertiary/aromatic N) is 7. The third-order valence-corrected chi connectivity index (χ3v) is 6.75. The molecule has 0 saturated carbocycles. The number of aromatic nitrogens is 5. The first-order valence-corrected chi connectivity index (χ1v) is 11.5. The lowest BCUT2D eigenvalue weighted by Crippen LogP contribution is -2.49. The number of rotatable bonds is 6. The molecule has 10 nitrogen and oxygen atoms in total. The fourth-order valence-electron chi connectivity index (χ4n) is 5.05. The summed E-state index contributed by atoms with van der Waals surface area (Å²) in [6.45, 7) is 2.49. The number of aryl methyl sites for hydroxylation is 1. The summed E-state index contributed by atoms with van der Waals surface area (Å²) in [6.07, 6.45) is 4.29. The molecule has 1 amide bonds. The maximum Gasteiger partial charge on any atom is 0.231 e. The highest BCUT2D eigenvalue weighted by molar-refractivity contribution is 5.85. The van der Waals surface area contributed by atoms with Crippen LogP contribution in [0.15, 0.2) is 36.5 Å². The maximum atomic E-state index is 13.8. The van der Waals surface area contributed by atoms with Gasteiger partial charge in [-0.2, -0.15) is 20.0 Å². The monoisotopic (exact) mass is 463 g/mol. The Labute approximate surface area is 198 Å². The average molecular weight is 464 g/mol. The molecule has 2 saturated heterocycles. The van der Waals surface area contributed by atoms with Gasteiger partial charge in [-0.3, -0.25) is 4.79 Å². The molecular weight excluding hydrogens is 434 g/mol. The Morgan fingerprint density at radius 2 is 1.97 bits per heavy atom. The normalized spacial score (nSPS) is 20.3. The Morgan fingerprint density at radius 3 is 2.79 bits per heavy atom. The summed E-state index contributed by atoms with van der Waals surface area (Å²) in [4.78, 5) is 28.2. The van der Waals surface area contributed by atoms with E-state index in [0.29, 0.717) is 31.5 Å². The number of likely N-dealkylation sites (tertiary alicyclic amines) is 1. The quantitative estimate of drug-likeness (QED) is 0.549. The van der Waals surface area contributed by atoms with Gasteiger partial charge in [0.25, 0.3) is 0 Å². The first-order chi connectivity index (χ1) is 16.5. The van der Waals surface area contributed by atoms with Gasteiger partial charge in [0.1, 0.15) is 17.1 Å². The number of hydrogen-bond acceptors (Lipinski definition) is 8. The smallest absolute Gasteiger partial charge is 0.231 e. The first kappa shape index (κ1) is 22.1. The lowest BCUT2D eigenvalue weighted by Gasteiger charge is -2.39. The van der Waals surface area contributed by atoms with Gasteiger partial charge in [0.05, 0.1) is 26.2 Å². The third kappa shape index (κ3) is 4.04. The van der Waals surface area contributed by atoms with Crippen LogP contribution in [0.2, 0.25) is 0 Å². The predicted molar refractivity (Wildman–Crippen MR) is 125 cm³/mol. The molecule has 0 aliphatic carbocycles. The summed E-state index contributed by atoms with van der Waals surface area (Å²) >= 11 is 0. The number of anilines is 1. The molecule has 1 unspecified atom stereocenters. The van der Waals surface area contributed by atoms with Gasteiger partial charge in [0.2, 0.25) is 17.7 Å². The van der Waals surface area contributed by atoms with Crippen LogP contribution in [0.1, 0.15) is 25.0 Å². The Bertz CT molecular complexity index is 1200. The number of piperidine rings is 1. The highest BCUT2D eigenvalue weighted by atomic mass is 16.5. The van der Waals surface area contributed by atoms with Gasteiger partial charge in [0.15, 0.2) is 0 Å². The van der Waals surface area contributed by atoms with Crippen LogP contribution in [0.25, 0.3) is 11.3 Å². The van der Waals surface area contributed by atoms with E-state index >= 15 is 0 Å². The second-order valence-corrected chi connectivity index (χ2v) is 8.90. The molecule has 5 rings (SSSR count). The summed E-state index contributed by atoms with van der Waals surface area (Å²) in [5, 5.41) is 9.17. The van der Waals surface area contributed by atoms with Gasteiger partial charge in [-0.05, 0) is 31.4 Å². The number of ether oxygens (including phenoxy) is 2. The lowest BCUT2D eigenvalue weighted by molar-refractivity contribution is -0.145. The van der Waals surface area contributed by atoms with Crippen molar-refractivity contribution in [2.24, 2.45) is 12.5 Å². The second-order valence-electron chi connectivity index (χ2n) is 8.90. The van der Waals surface area contributed by atoms with Gasteiger partial charge >= 0.3 is 0 Å². The summed E-state index contributed by atoms with van der Waals surface area (Å²) in [5.41, 5.74) is 2.05. The minimum atomic E-state index is -0.428. The SMILES string of the molecule is COc1cccc(-c2nn(C)nc2CN2CCCC3(CCN(c4nccc(OC)n4)C3)C2=O)c1. The van der Waals surface area contributed by atoms with E-state index in [0.717, 1.165) is 48.5 Å². The third-order valence-electron chi connectivity index (χ3n) is 6.75. The van der Waals surface area contributed by atoms with E-state index in [2.05, 4.69) is 25.1 Å². The van der Waals surface area contributed by atoms with Crippen molar-refractivity contribution in [3.63, 3.8) is 0 Å². The van der Waals surface area contributed by atoms with E-state index in [4.69, 9.17) is 9.47 Å². The van der Waals surface area contributed by atoms with E-state index in [1.54, 1.807) is 38.3 Å². The number of carbonyl (C=O) groups excluding carboxylic acids is 1. The summed E-state index contributed by atoms with van der Waals surface area (Å²) in [6, 6.07) is 9.48. The van der Waals surface area contributed by atoms with E-state index < -0.39 is 5.41 Å². The topological polar surface area (TPSA) is 98.5 Å². The highest BCUT2D eigenvalue weighted by Gasteiger charge is 2.49. The van der Waals surface area contributed by atoms with Crippen LogP contribution < -0.4 is 14.4 Å². The van der Waals surface area contributed by atoms with Crippen molar-refractivity contribution >= 4 is 11.9 Å². The van der Waals surface area contributed by atoms with E-state index in [9.17, 15) is 4.79 Å². The van der Waals surface area contributed by atoms with Crippen LogP contribution in [-0.4, -0.2) is 69.6 Å². The average Bonchev–Trinajstić information content (AvgIpc) is 3.46. The van der Waals surface area contributed by atoms with Gasteiger partial charge in [-0.15, -0.1) is 0 Å². The Hall–Kier alpha value is -3.69. The molecule has 2 aromatic heterocycles. The number of benzene rings is 1. The van der Waals surface area contributed by atoms with Gasteiger partial charge < -0.3 is 19.3 Å². The van der Waals surface area contributed by atoms with Crippen molar-refractivity contribution in [1.29, 1.82) is 0 Å². The minimum Gasteiger partial charge on any atom is -0.497 e. The largest absolute Gasteiger partial charge is 0.497 e. The molecule has 1 atom stereocenters. The van der Waals surface area contributed by atoms with Crippen molar-refractivity contribution in [2.45, 2.75) is 25.8 Å². The van der Waals surface area contributed by atoms with Gasteiger partial charge in [-0.25, -0.2) is 4.98 Å². The Morgan fingerprint density at radius 1 is 1.09 bits per heavy atom. The van der Waals surface area contributed by atoms with Crippen LogP contribution in [-0.2, 0) is 18.4 Å². The van der Waals surface area contributed by atoms with Crippen molar-refractivity contribution in [3.05, 3.63) is 42.2 Å². The van der Waals surface area contributed by atoms with Crippen molar-refractivity contribution in [3.8, 4) is 22.9 Å². The molecule has 34 heavy (non-hydrogen) atoms. The molecule has 4 heterocycles. The molecule has 2 aliphatic heterocycles. The molecular formula is C24H29N7O3. The molecule has 0 bridgehead atoms. The van der Waals surface area contributed by atoms with Crippen LogP contribution in [0.3, 0.4) is 0 Å². The molecule has 1 spiro atoms. The first-order valence-electron chi connectivity index (χ1n) is 11.5. The molecule has 2 aliphatic rings. The van der Waals surface area contributed by atoms with E-state index in [-0.39, 0.29) is 5.91 Å². The standard InChI is InChI=1S/C24H29N7O3/c1-29-27-19(21(28-29)17-6-4-7-18(14-17)33-2)15-30-12-5-9-24(22(30)32)10-13-31(16-24)23-25-11-8-20(26-23)34-3/h4,6-8,11,14H,5,9-10,12-13,15-16H2,1-3H3. The molecule has 2 fully saturated rings. The fourth-order valence-corrected chi connectivity index (χ4v) is 5.05. The van der Waals surface area contributed by atoms with Gasteiger partial charge in [-0.1, -0.05) is 12.1 Å². The predicted octanol–water partition coefficient (Wildman–Crippen LogP) is 2.31. The summed E-state index contributed by atoms with van der Waals surface area (Å²) < 4.78 is 10.6. The number of amides is 1. The van der Waals surface area contributed by atoms with Crippen LogP contribution in [0.4, 0.5) is 5.95 Å². The van der Waals surface area contributed by atoms with E-state index in [1.165, 1.54) is 0 Å². The van der Waals surface area contributed by atoms with E-state index in [1.807, 2.05) is 29.2 Å². The molecule has 3 aromatic rings. The van der Waals surface area contributed by atoms with Crippen LogP contribution in [0, 0.1) is 5.41 Å². The molecule has 0 radical (unpaired) electrons. The maximum absolute atomic E-state index is 13.8.